The van der Waals surface area contributed by atoms with Gasteiger partial charge >= 0.3 is 0 Å². The molecule has 1 nitrogen and oxygen atoms in total. The van der Waals surface area contributed by atoms with Crippen LogP contribution in [0.3, 0.4) is 0 Å². The first-order chi connectivity index (χ1) is 5.68. The summed E-state index contributed by atoms with van der Waals surface area (Å²) in [5, 5.41) is 0. The van der Waals surface area contributed by atoms with Gasteiger partial charge in [0.05, 0.1) is 0 Å². The number of hydrogen-bond acceptors (Lipinski definition) is 1. The Kier molecular flexibility index (Phi) is 2.66. The molecule has 1 saturated carbocycles. The van der Waals surface area contributed by atoms with Gasteiger partial charge in [0, 0.05) is 35.5 Å². The first-order valence-electron chi connectivity index (χ1n) is 5.11. The summed E-state index contributed by atoms with van der Waals surface area (Å²) in [6.45, 7) is 6.07. The SMILES string of the molecule is CC(C)C1C[C@@H]2CC[C@@H]2CN1I. The van der Waals surface area contributed by atoms with Crippen LogP contribution in [-0.4, -0.2) is 15.7 Å². The normalized spacial score (nSPS) is 42.5. The van der Waals surface area contributed by atoms with Gasteiger partial charge in [-0.3, -0.25) is 0 Å². The molecule has 1 aliphatic heterocycles. The number of piperidine rings is 1. The monoisotopic (exact) mass is 279 g/mol. The average Bonchev–Trinajstić information content (AvgIpc) is 1.96. The van der Waals surface area contributed by atoms with Crippen molar-refractivity contribution >= 4 is 22.9 Å². The molecule has 0 aromatic heterocycles. The maximum absolute atomic E-state index is 2.56. The Labute approximate surface area is 89.4 Å². The second kappa shape index (κ2) is 3.45. The van der Waals surface area contributed by atoms with Crippen LogP contribution in [0.25, 0.3) is 0 Å². The molecule has 0 radical (unpaired) electrons. The number of nitrogens with zero attached hydrogens (tertiary/aromatic N) is 1. The summed E-state index contributed by atoms with van der Waals surface area (Å²) in [7, 11) is 0. The van der Waals surface area contributed by atoms with E-state index in [1.807, 2.05) is 0 Å². The van der Waals surface area contributed by atoms with Crippen LogP contribution in [-0.2, 0) is 0 Å². The fourth-order valence-corrected chi connectivity index (χ4v) is 3.95. The Bertz CT molecular complexity index is 169. The summed E-state index contributed by atoms with van der Waals surface area (Å²) in [6.07, 6.45) is 4.47. The molecule has 1 saturated heterocycles. The van der Waals surface area contributed by atoms with Gasteiger partial charge in [0.1, 0.15) is 0 Å². The van der Waals surface area contributed by atoms with E-state index in [9.17, 15) is 0 Å². The lowest BCUT2D eigenvalue weighted by molar-refractivity contribution is 0.0494. The third kappa shape index (κ3) is 1.52. The minimum absolute atomic E-state index is 0.837. The molecule has 12 heavy (non-hydrogen) atoms. The highest BCUT2D eigenvalue weighted by molar-refractivity contribution is 14.1. The van der Waals surface area contributed by atoms with Gasteiger partial charge in [-0.25, -0.2) is 3.11 Å². The Morgan fingerprint density at radius 3 is 2.42 bits per heavy atom. The maximum atomic E-state index is 2.56. The minimum atomic E-state index is 0.837. The molecule has 0 bridgehead atoms. The van der Waals surface area contributed by atoms with Gasteiger partial charge in [-0.05, 0) is 37.0 Å². The van der Waals surface area contributed by atoms with E-state index < -0.39 is 0 Å². The Hall–Kier alpha value is 0.690. The molecule has 2 fully saturated rings. The van der Waals surface area contributed by atoms with Gasteiger partial charge in [-0.2, -0.15) is 0 Å². The summed E-state index contributed by atoms with van der Waals surface area (Å²) >= 11 is 2.53. The Balaban J connectivity index is 1.97. The van der Waals surface area contributed by atoms with Crippen LogP contribution in [0.5, 0.6) is 0 Å². The van der Waals surface area contributed by atoms with Crippen molar-refractivity contribution in [3.63, 3.8) is 0 Å². The van der Waals surface area contributed by atoms with E-state index in [-0.39, 0.29) is 0 Å². The molecule has 1 aliphatic carbocycles. The summed E-state index contributed by atoms with van der Waals surface area (Å²) in [4.78, 5) is 0. The van der Waals surface area contributed by atoms with Gasteiger partial charge in [-0.1, -0.05) is 13.8 Å². The Morgan fingerprint density at radius 2 is 1.92 bits per heavy atom. The predicted octanol–water partition coefficient (Wildman–Crippen LogP) is 3.09. The fourth-order valence-electron chi connectivity index (χ4n) is 2.57. The third-order valence-corrected chi connectivity index (χ3v) is 4.77. The van der Waals surface area contributed by atoms with Crippen molar-refractivity contribution in [1.82, 2.24) is 3.11 Å². The highest BCUT2D eigenvalue weighted by Gasteiger charge is 2.40. The van der Waals surface area contributed by atoms with E-state index in [4.69, 9.17) is 0 Å². The van der Waals surface area contributed by atoms with Crippen LogP contribution in [0.2, 0.25) is 0 Å². The molecule has 70 valence electrons. The Morgan fingerprint density at radius 1 is 1.25 bits per heavy atom. The molecule has 3 atom stereocenters. The molecule has 0 N–H and O–H groups in total. The van der Waals surface area contributed by atoms with E-state index in [0.717, 1.165) is 23.8 Å². The first-order valence-corrected chi connectivity index (χ1v) is 6.07. The predicted molar refractivity (Wildman–Crippen MR) is 60.2 cm³/mol. The number of hydrogen-bond donors (Lipinski definition) is 0. The smallest absolute Gasteiger partial charge is 0.0220 e. The molecule has 0 aromatic rings. The topological polar surface area (TPSA) is 3.24 Å². The zero-order valence-corrected chi connectivity index (χ0v) is 10.1. The van der Waals surface area contributed by atoms with Crippen LogP contribution in [0.15, 0.2) is 0 Å². The van der Waals surface area contributed by atoms with Crippen LogP contribution < -0.4 is 0 Å². The summed E-state index contributed by atoms with van der Waals surface area (Å²) in [5.74, 6) is 2.98. The molecule has 2 rings (SSSR count). The summed E-state index contributed by atoms with van der Waals surface area (Å²) < 4.78 is 2.56. The molecule has 0 amide bonds. The minimum Gasteiger partial charge on any atom is -0.244 e. The standard InChI is InChI=1S/C10H18IN/c1-7(2)10-5-8-3-4-9(8)6-12(10)11/h7-10H,3-6H2,1-2H3/t8-,9+,10?/m0/s1. The quantitative estimate of drug-likeness (QED) is 0.526. The van der Waals surface area contributed by atoms with Crippen LogP contribution in [0, 0.1) is 17.8 Å². The van der Waals surface area contributed by atoms with Gasteiger partial charge < -0.3 is 0 Å². The van der Waals surface area contributed by atoms with Crippen molar-refractivity contribution in [3.05, 3.63) is 0 Å². The van der Waals surface area contributed by atoms with Crippen molar-refractivity contribution in [2.75, 3.05) is 6.54 Å². The molecule has 1 heterocycles. The number of rotatable bonds is 1. The van der Waals surface area contributed by atoms with Gasteiger partial charge in [0.25, 0.3) is 0 Å². The fraction of sp³-hybridized carbons (Fsp3) is 1.00. The first kappa shape index (κ1) is 9.25. The average molecular weight is 279 g/mol. The molecule has 2 aliphatic rings. The molecule has 0 spiro atoms. The van der Waals surface area contributed by atoms with E-state index >= 15 is 0 Å². The zero-order chi connectivity index (χ0) is 8.72. The lowest BCUT2D eigenvalue weighted by Gasteiger charge is -2.48. The highest BCUT2D eigenvalue weighted by atomic mass is 127. The molecule has 0 aromatic carbocycles. The molecular formula is C10H18IN. The second-order valence-corrected chi connectivity index (χ2v) is 5.97. The molecule has 2 heteroatoms. The van der Waals surface area contributed by atoms with Crippen LogP contribution in [0.4, 0.5) is 0 Å². The van der Waals surface area contributed by atoms with Gasteiger partial charge in [0.2, 0.25) is 0 Å². The van der Waals surface area contributed by atoms with Gasteiger partial charge in [-0.15, -0.1) is 0 Å². The lowest BCUT2D eigenvalue weighted by Crippen LogP contribution is -2.48. The number of fused-ring (bicyclic) bond motifs is 1. The maximum Gasteiger partial charge on any atom is 0.0220 e. The molecular weight excluding hydrogens is 261 g/mol. The van der Waals surface area contributed by atoms with E-state index in [1.54, 1.807) is 0 Å². The van der Waals surface area contributed by atoms with Crippen LogP contribution in [0.1, 0.15) is 33.1 Å². The van der Waals surface area contributed by atoms with Crippen molar-refractivity contribution in [2.45, 2.75) is 39.2 Å². The van der Waals surface area contributed by atoms with E-state index in [0.29, 0.717) is 0 Å². The van der Waals surface area contributed by atoms with Crippen molar-refractivity contribution in [2.24, 2.45) is 17.8 Å². The second-order valence-electron chi connectivity index (χ2n) is 4.73. The third-order valence-electron chi connectivity index (χ3n) is 3.66. The van der Waals surface area contributed by atoms with Gasteiger partial charge in [0.15, 0.2) is 0 Å². The van der Waals surface area contributed by atoms with Crippen molar-refractivity contribution in [3.8, 4) is 0 Å². The lowest BCUT2D eigenvalue weighted by atomic mass is 9.67. The van der Waals surface area contributed by atoms with E-state index in [2.05, 4.69) is 39.8 Å². The summed E-state index contributed by atoms with van der Waals surface area (Å²) in [5.41, 5.74) is 0. The van der Waals surface area contributed by atoms with E-state index in [1.165, 1.54) is 25.8 Å². The summed E-state index contributed by atoms with van der Waals surface area (Å²) in [6, 6.07) is 0.854. The zero-order valence-electron chi connectivity index (χ0n) is 7.96. The van der Waals surface area contributed by atoms with Crippen LogP contribution >= 0.6 is 22.9 Å². The highest BCUT2D eigenvalue weighted by Crippen LogP contribution is 2.44. The van der Waals surface area contributed by atoms with Crippen molar-refractivity contribution < 1.29 is 0 Å². The largest absolute Gasteiger partial charge is 0.244 e. The molecule has 1 unspecified atom stereocenters. The van der Waals surface area contributed by atoms with Crippen molar-refractivity contribution in [1.29, 1.82) is 0 Å². The number of halogens is 1.